The minimum atomic E-state index is -0.0716. The van der Waals surface area contributed by atoms with Gasteiger partial charge in [-0.25, -0.2) is 0 Å². The number of nitrogens with zero attached hydrogens (tertiary/aromatic N) is 2. The van der Waals surface area contributed by atoms with Gasteiger partial charge in [0.25, 0.3) is 0 Å². The molecule has 2 N–H and O–H groups in total. The Morgan fingerprint density at radius 1 is 1.39 bits per heavy atom. The van der Waals surface area contributed by atoms with Crippen LogP contribution in [-0.2, 0) is 13.0 Å². The fourth-order valence-corrected chi connectivity index (χ4v) is 1.62. The van der Waals surface area contributed by atoms with Crippen LogP contribution in [0.5, 0.6) is 5.75 Å². The zero-order chi connectivity index (χ0) is 13.0. The van der Waals surface area contributed by atoms with Crippen molar-refractivity contribution >= 4 is 0 Å². The molecule has 5 heteroatoms. The molecule has 96 valence electrons. The van der Waals surface area contributed by atoms with E-state index >= 15 is 0 Å². The van der Waals surface area contributed by atoms with Gasteiger partial charge in [-0.3, -0.25) is 0 Å². The van der Waals surface area contributed by atoms with E-state index in [0.29, 0.717) is 11.7 Å². The quantitative estimate of drug-likeness (QED) is 0.877. The fourth-order valence-electron chi connectivity index (χ4n) is 1.62. The summed E-state index contributed by atoms with van der Waals surface area (Å²) >= 11 is 0. The van der Waals surface area contributed by atoms with Crippen molar-refractivity contribution < 1.29 is 9.26 Å². The van der Waals surface area contributed by atoms with Crippen LogP contribution >= 0.6 is 0 Å². The molecule has 1 heterocycles. The van der Waals surface area contributed by atoms with E-state index in [4.69, 9.17) is 15.0 Å². The Morgan fingerprint density at radius 3 is 2.83 bits per heavy atom. The number of aromatic nitrogens is 2. The number of nitrogens with two attached hydrogens (primary N) is 1. The molecule has 2 aromatic rings. The van der Waals surface area contributed by atoms with E-state index in [2.05, 4.69) is 10.1 Å². The molecule has 0 spiro atoms. The SMILES string of the molecule is CCc1nc(COc2ccccc2[C@@H](C)N)no1. The zero-order valence-electron chi connectivity index (χ0n) is 10.6. The van der Waals surface area contributed by atoms with Crippen molar-refractivity contribution in [2.45, 2.75) is 32.9 Å². The van der Waals surface area contributed by atoms with Gasteiger partial charge in [0, 0.05) is 18.0 Å². The molecule has 0 aliphatic rings. The number of ether oxygens (including phenoxy) is 1. The molecule has 0 saturated heterocycles. The van der Waals surface area contributed by atoms with Gasteiger partial charge in [0.15, 0.2) is 6.61 Å². The number of para-hydroxylation sites is 1. The van der Waals surface area contributed by atoms with E-state index in [0.717, 1.165) is 17.7 Å². The van der Waals surface area contributed by atoms with Crippen LogP contribution < -0.4 is 10.5 Å². The van der Waals surface area contributed by atoms with Gasteiger partial charge in [0.2, 0.25) is 11.7 Å². The molecule has 0 bridgehead atoms. The summed E-state index contributed by atoms with van der Waals surface area (Å²) in [5.41, 5.74) is 6.85. The normalized spacial score (nSPS) is 12.4. The fraction of sp³-hybridized carbons (Fsp3) is 0.385. The molecule has 0 saturated carbocycles. The van der Waals surface area contributed by atoms with Crippen LogP contribution in [0, 0.1) is 0 Å². The first kappa shape index (κ1) is 12.6. The van der Waals surface area contributed by atoms with Crippen molar-refractivity contribution in [3.63, 3.8) is 0 Å². The summed E-state index contributed by atoms with van der Waals surface area (Å²) < 4.78 is 10.7. The van der Waals surface area contributed by atoms with Crippen molar-refractivity contribution in [3.8, 4) is 5.75 Å². The summed E-state index contributed by atoms with van der Waals surface area (Å²) in [5, 5.41) is 3.83. The van der Waals surface area contributed by atoms with E-state index in [-0.39, 0.29) is 12.6 Å². The van der Waals surface area contributed by atoms with Crippen molar-refractivity contribution in [1.29, 1.82) is 0 Å². The Kier molecular flexibility index (Phi) is 3.94. The number of aryl methyl sites for hydroxylation is 1. The molecule has 0 amide bonds. The van der Waals surface area contributed by atoms with E-state index in [9.17, 15) is 0 Å². The molecule has 0 radical (unpaired) electrons. The highest BCUT2D eigenvalue weighted by Gasteiger charge is 2.09. The molecule has 18 heavy (non-hydrogen) atoms. The number of rotatable bonds is 5. The van der Waals surface area contributed by atoms with Gasteiger partial charge in [-0.2, -0.15) is 4.98 Å². The number of hydrogen-bond donors (Lipinski definition) is 1. The average Bonchev–Trinajstić information content (AvgIpc) is 2.84. The predicted octanol–water partition coefficient (Wildman–Crippen LogP) is 2.23. The van der Waals surface area contributed by atoms with Gasteiger partial charge >= 0.3 is 0 Å². The lowest BCUT2D eigenvalue weighted by Crippen LogP contribution is -2.08. The first-order valence-corrected chi connectivity index (χ1v) is 5.99. The summed E-state index contributed by atoms with van der Waals surface area (Å²) in [4.78, 5) is 4.18. The maximum atomic E-state index is 5.88. The largest absolute Gasteiger partial charge is 0.485 e. The van der Waals surface area contributed by atoms with E-state index in [1.54, 1.807) is 0 Å². The second-order valence-electron chi connectivity index (χ2n) is 4.07. The summed E-state index contributed by atoms with van der Waals surface area (Å²) in [7, 11) is 0. The Hall–Kier alpha value is -1.88. The highest BCUT2D eigenvalue weighted by Crippen LogP contribution is 2.23. The summed E-state index contributed by atoms with van der Waals surface area (Å²) in [5.74, 6) is 1.93. The monoisotopic (exact) mass is 247 g/mol. The van der Waals surface area contributed by atoms with Crippen LogP contribution in [0.1, 0.15) is 37.2 Å². The molecule has 1 aromatic carbocycles. The molecule has 0 aliphatic carbocycles. The van der Waals surface area contributed by atoms with E-state index in [1.165, 1.54) is 0 Å². The minimum Gasteiger partial charge on any atom is -0.485 e. The molecule has 5 nitrogen and oxygen atoms in total. The molecule has 0 fully saturated rings. The highest BCUT2D eigenvalue weighted by atomic mass is 16.5. The second-order valence-corrected chi connectivity index (χ2v) is 4.07. The van der Waals surface area contributed by atoms with Crippen molar-refractivity contribution in [2.75, 3.05) is 0 Å². The second kappa shape index (κ2) is 5.64. The summed E-state index contributed by atoms with van der Waals surface area (Å²) in [6.45, 7) is 4.17. The summed E-state index contributed by atoms with van der Waals surface area (Å²) in [6.07, 6.45) is 0.726. The Labute approximate surface area is 106 Å². The smallest absolute Gasteiger partial charge is 0.226 e. The van der Waals surface area contributed by atoms with Gasteiger partial charge < -0.3 is 15.0 Å². The van der Waals surface area contributed by atoms with Crippen molar-refractivity contribution in [1.82, 2.24) is 10.1 Å². The van der Waals surface area contributed by atoms with Gasteiger partial charge in [-0.05, 0) is 13.0 Å². The van der Waals surface area contributed by atoms with Gasteiger partial charge in [0.1, 0.15) is 5.75 Å². The van der Waals surface area contributed by atoms with Crippen molar-refractivity contribution in [2.24, 2.45) is 5.73 Å². The van der Waals surface area contributed by atoms with Gasteiger partial charge in [0.05, 0.1) is 0 Å². The third-order valence-corrected chi connectivity index (χ3v) is 2.58. The molecule has 1 aromatic heterocycles. The number of hydrogen-bond acceptors (Lipinski definition) is 5. The molecular formula is C13H17N3O2. The maximum Gasteiger partial charge on any atom is 0.226 e. The van der Waals surface area contributed by atoms with Crippen LogP contribution in [-0.4, -0.2) is 10.1 Å². The van der Waals surface area contributed by atoms with Crippen LogP contribution in [0.2, 0.25) is 0 Å². The molecule has 1 atom stereocenters. The molecule has 0 aliphatic heterocycles. The molecular weight excluding hydrogens is 230 g/mol. The van der Waals surface area contributed by atoms with Crippen LogP contribution in [0.15, 0.2) is 28.8 Å². The summed E-state index contributed by atoms with van der Waals surface area (Å²) in [6, 6.07) is 7.62. The van der Waals surface area contributed by atoms with Gasteiger partial charge in [-0.15, -0.1) is 0 Å². The first-order chi connectivity index (χ1) is 8.70. The minimum absolute atomic E-state index is 0.0716. The standard InChI is InChI=1S/C13H17N3O2/c1-3-13-15-12(16-18-13)8-17-11-7-5-4-6-10(11)9(2)14/h4-7,9H,3,8,14H2,1-2H3/t9-/m1/s1. The third kappa shape index (κ3) is 2.87. The Balaban J connectivity index is 2.05. The lowest BCUT2D eigenvalue weighted by molar-refractivity contribution is 0.281. The molecule has 2 rings (SSSR count). The van der Waals surface area contributed by atoms with Crippen LogP contribution in [0.3, 0.4) is 0 Å². The van der Waals surface area contributed by atoms with E-state index in [1.807, 2.05) is 38.1 Å². The van der Waals surface area contributed by atoms with E-state index < -0.39 is 0 Å². The zero-order valence-corrected chi connectivity index (χ0v) is 10.6. The van der Waals surface area contributed by atoms with Crippen molar-refractivity contribution in [3.05, 3.63) is 41.5 Å². The Morgan fingerprint density at radius 2 is 2.17 bits per heavy atom. The maximum absolute atomic E-state index is 5.88. The molecule has 0 unspecified atom stereocenters. The van der Waals surface area contributed by atoms with Gasteiger partial charge in [-0.1, -0.05) is 30.3 Å². The highest BCUT2D eigenvalue weighted by molar-refractivity contribution is 5.35. The first-order valence-electron chi connectivity index (χ1n) is 5.99. The lowest BCUT2D eigenvalue weighted by Gasteiger charge is -2.12. The Bertz CT molecular complexity index is 508. The third-order valence-electron chi connectivity index (χ3n) is 2.58. The predicted molar refractivity (Wildman–Crippen MR) is 67.1 cm³/mol. The lowest BCUT2D eigenvalue weighted by atomic mass is 10.1. The number of benzene rings is 1. The topological polar surface area (TPSA) is 74.2 Å². The average molecular weight is 247 g/mol. The van der Waals surface area contributed by atoms with Crippen LogP contribution in [0.25, 0.3) is 0 Å². The van der Waals surface area contributed by atoms with Crippen LogP contribution in [0.4, 0.5) is 0 Å².